The van der Waals surface area contributed by atoms with Crippen LogP contribution in [0.1, 0.15) is 12.8 Å². The summed E-state index contributed by atoms with van der Waals surface area (Å²) in [6, 6.07) is 6.25. The molecule has 0 unspecified atom stereocenters. The average molecular weight is 547 g/mol. The molecular formula is C24H21ClF2N6O5. The number of alkyl halides is 2. The number of carbonyl (C=O) groups excluding carboxylic acids is 1. The minimum atomic E-state index is -2.96. The number of benzene rings is 1. The first-order valence-corrected chi connectivity index (χ1v) is 11.7. The van der Waals surface area contributed by atoms with Crippen LogP contribution < -0.4 is 20.8 Å². The third-order valence-corrected chi connectivity index (χ3v) is 6.18. The summed E-state index contributed by atoms with van der Waals surface area (Å²) in [6.07, 6.45) is 4.53. The maximum atomic E-state index is 13.6. The van der Waals surface area contributed by atoms with Gasteiger partial charge in [0.25, 0.3) is 11.5 Å². The predicted octanol–water partition coefficient (Wildman–Crippen LogP) is 2.65. The van der Waals surface area contributed by atoms with Gasteiger partial charge in [-0.05, 0) is 18.2 Å². The van der Waals surface area contributed by atoms with Crippen molar-refractivity contribution < 1.29 is 27.8 Å². The summed E-state index contributed by atoms with van der Waals surface area (Å²) in [5.41, 5.74) is 4.67. The Balaban J connectivity index is 1.40. The van der Waals surface area contributed by atoms with Crippen molar-refractivity contribution in [2.45, 2.75) is 24.4 Å². The first kappa shape index (κ1) is 25.5. The number of carbonyl (C=O) groups is 1. The number of aromatic nitrogens is 5. The van der Waals surface area contributed by atoms with Crippen molar-refractivity contribution in [3.8, 4) is 28.6 Å². The van der Waals surface area contributed by atoms with Crippen LogP contribution in [0.15, 0.2) is 54.0 Å². The zero-order valence-electron chi connectivity index (χ0n) is 19.9. The van der Waals surface area contributed by atoms with E-state index in [0.717, 1.165) is 0 Å². The first-order chi connectivity index (χ1) is 18.1. The fourth-order valence-corrected chi connectivity index (χ4v) is 4.37. The van der Waals surface area contributed by atoms with E-state index < -0.39 is 36.9 Å². The lowest BCUT2D eigenvalue weighted by molar-refractivity contribution is -0.233. The Bertz CT molecular complexity index is 1570. The van der Waals surface area contributed by atoms with E-state index in [1.807, 2.05) is 0 Å². The summed E-state index contributed by atoms with van der Waals surface area (Å²) in [4.78, 5) is 33.2. The lowest BCUT2D eigenvalue weighted by Crippen LogP contribution is -2.58. The molecule has 5 rings (SSSR count). The normalized spacial score (nSPS) is 15.6. The number of hydrogen-bond acceptors (Lipinski definition) is 9. The quantitative estimate of drug-likeness (QED) is 0.331. The van der Waals surface area contributed by atoms with Crippen LogP contribution in [0.25, 0.3) is 22.6 Å². The van der Waals surface area contributed by atoms with Gasteiger partial charge in [0.05, 0.1) is 37.2 Å². The number of nitrogens with zero attached hydrogens (tertiary/aromatic N) is 5. The van der Waals surface area contributed by atoms with Crippen molar-refractivity contribution in [1.29, 1.82) is 0 Å². The second-order valence-corrected chi connectivity index (χ2v) is 9.22. The summed E-state index contributed by atoms with van der Waals surface area (Å²) in [6.45, 7) is -0.758. The summed E-state index contributed by atoms with van der Waals surface area (Å²) < 4.78 is 46.2. The van der Waals surface area contributed by atoms with Gasteiger partial charge in [0, 0.05) is 30.2 Å². The highest BCUT2D eigenvalue weighted by Crippen LogP contribution is 2.48. The van der Waals surface area contributed by atoms with Crippen molar-refractivity contribution >= 4 is 23.1 Å². The SMILES string of the molecule is COc1cc(-n2cnn3cc(-c4ncc(Cl)cn4)cc3c2=O)ccc1OCC1(OC(=O)CN)CC(F)(F)C1. The number of esters is 1. The van der Waals surface area contributed by atoms with E-state index in [1.165, 1.54) is 47.0 Å². The fourth-order valence-electron chi connectivity index (χ4n) is 4.27. The number of rotatable bonds is 8. The molecule has 0 amide bonds. The lowest BCUT2D eigenvalue weighted by atomic mass is 9.77. The molecule has 3 heterocycles. The Morgan fingerprint density at radius 3 is 2.58 bits per heavy atom. The molecule has 1 fully saturated rings. The zero-order chi connectivity index (χ0) is 27.1. The molecule has 3 aromatic heterocycles. The van der Waals surface area contributed by atoms with Crippen molar-refractivity contribution in [2.24, 2.45) is 5.73 Å². The molecule has 0 atom stereocenters. The summed E-state index contributed by atoms with van der Waals surface area (Å²) in [5, 5.41) is 4.68. The van der Waals surface area contributed by atoms with E-state index in [4.69, 9.17) is 31.5 Å². The van der Waals surface area contributed by atoms with E-state index in [-0.39, 0.29) is 29.2 Å². The molecule has 2 N–H and O–H groups in total. The Hall–Kier alpha value is -4.10. The summed E-state index contributed by atoms with van der Waals surface area (Å²) in [7, 11) is 1.39. The minimum Gasteiger partial charge on any atom is -0.493 e. The highest BCUT2D eigenvalue weighted by molar-refractivity contribution is 6.30. The number of ether oxygens (including phenoxy) is 3. The molecule has 1 saturated carbocycles. The van der Waals surface area contributed by atoms with E-state index in [2.05, 4.69) is 15.1 Å². The number of methoxy groups -OCH3 is 1. The maximum Gasteiger partial charge on any atom is 0.320 e. The maximum absolute atomic E-state index is 13.6. The Kier molecular flexibility index (Phi) is 6.49. The molecule has 14 heteroatoms. The van der Waals surface area contributed by atoms with Gasteiger partial charge in [0.15, 0.2) is 22.9 Å². The molecule has 1 aromatic carbocycles. The molecule has 1 aliphatic carbocycles. The molecule has 0 spiro atoms. The standard InChI is InChI=1S/C24H21ClF2N6O5/c1-36-19-5-16(2-3-18(19)37-12-23(38-20(34)6-28)10-24(26,27)11-23)32-13-31-33-9-14(4-17(33)22(32)35)21-29-7-15(25)8-30-21/h2-5,7-9,13H,6,10-12,28H2,1H3. The van der Waals surface area contributed by atoms with Crippen molar-refractivity contribution in [3.63, 3.8) is 0 Å². The number of fused-ring (bicyclic) bond motifs is 1. The topological polar surface area (TPSA) is 136 Å². The Morgan fingerprint density at radius 1 is 1.18 bits per heavy atom. The predicted molar refractivity (Wildman–Crippen MR) is 131 cm³/mol. The third-order valence-electron chi connectivity index (χ3n) is 5.98. The molecule has 4 aromatic rings. The van der Waals surface area contributed by atoms with Gasteiger partial charge in [-0.3, -0.25) is 14.2 Å². The second kappa shape index (κ2) is 9.65. The molecule has 198 valence electrons. The highest BCUT2D eigenvalue weighted by atomic mass is 35.5. The second-order valence-electron chi connectivity index (χ2n) is 8.78. The molecule has 11 nitrogen and oxygen atoms in total. The molecule has 0 aliphatic heterocycles. The van der Waals surface area contributed by atoms with Gasteiger partial charge in [0.1, 0.15) is 18.5 Å². The van der Waals surface area contributed by atoms with Gasteiger partial charge < -0.3 is 19.9 Å². The van der Waals surface area contributed by atoms with Gasteiger partial charge in [-0.25, -0.2) is 23.3 Å². The Labute approximate surface area is 218 Å². The zero-order valence-corrected chi connectivity index (χ0v) is 20.7. The van der Waals surface area contributed by atoms with Gasteiger partial charge in [-0.2, -0.15) is 5.10 Å². The van der Waals surface area contributed by atoms with E-state index in [9.17, 15) is 18.4 Å². The molecule has 38 heavy (non-hydrogen) atoms. The smallest absolute Gasteiger partial charge is 0.320 e. The van der Waals surface area contributed by atoms with Crippen LogP contribution >= 0.6 is 11.6 Å². The molecule has 0 saturated heterocycles. The van der Waals surface area contributed by atoms with Gasteiger partial charge >= 0.3 is 5.97 Å². The molecule has 0 radical (unpaired) electrons. The van der Waals surface area contributed by atoms with Gasteiger partial charge in [0.2, 0.25) is 0 Å². The van der Waals surface area contributed by atoms with Crippen molar-refractivity contribution in [3.05, 3.63) is 64.6 Å². The number of nitrogens with two attached hydrogens (primary N) is 1. The van der Waals surface area contributed by atoms with Gasteiger partial charge in [-0.1, -0.05) is 11.6 Å². The first-order valence-electron chi connectivity index (χ1n) is 11.3. The minimum absolute atomic E-state index is 0.210. The van der Waals surface area contributed by atoms with Crippen LogP contribution in [-0.4, -0.2) is 61.9 Å². The largest absolute Gasteiger partial charge is 0.493 e. The van der Waals surface area contributed by atoms with Crippen LogP contribution in [0.2, 0.25) is 5.02 Å². The van der Waals surface area contributed by atoms with Crippen molar-refractivity contribution in [1.82, 2.24) is 24.1 Å². The Morgan fingerprint density at radius 2 is 1.92 bits per heavy atom. The van der Waals surface area contributed by atoms with Crippen LogP contribution in [0.4, 0.5) is 8.78 Å². The van der Waals surface area contributed by atoms with Crippen LogP contribution in [0.3, 0.4) is 0 Å². The molecular weight excluding hydrogens is 526 g/mol. The fraction of sp³-hybridized carbons (Fsp3) is 0.292. The monoisotopic (exact) mass is 546 g/mol. The van der Waals surface area contributed by atoms with Crippen molar-refractivity contribution in [2.75, 3.05) is 20.3 Å². The van der Waals surface area contributed by atoms with E-state index in [1.54, 1.807) is 18.3 Å². The number of halogens is 3. The van der Waals surface area contributed by atoms with Crippen LogP contribution in [0.5, 0.6) is 11.5 Å². The van der Waals surface area contributed by atoms with Crippen LogP contribution in [-0.2, 0) is 9.53 Å². The van der Waals surface area contributed by atoms with Gasteiger partial charge in [-0.15, -0.1) is 0 Å². The lowest BCUT2D eigenvalue weighted by Gasteiger charge is -2.45. The third kappa shape index (κ3) is 4.89. The average Bonchev–Trinajstić information content (AvgIpc) is 3.32. The molecule has 1 aliphatic rings. The number of hydrogen-bond donors (Lipinski definition) is 1. The summed E-state index contributed by atoms with van der Waals surface area (Å²) in [5.74, 6) is -2.94. The highest BCUT2D eigenvalue weighted by Gasteiger charge is 2.60. The summed E-state index contributed by atoms with van der Waals surface area (Å²) >= 11 is 5.85. The van der Waals surface area contributed by atoms with E-state index >= 15 is 0 Å². The van der Waals surface area contributed by atoms with Crippen LogP contribution in [0, 0.1) is 0 Å². The molecule has 0 bridgehead atoms. The van der Waals surface area contributed by atoms with E-state index in [0.29, 0.717) is 22.1 Å².